The molecule has 0 amide bonds. The number of nitrogens with zero attached hydrogens (tertiary/aromatic N) is 2. The average Bonchev–Trinajstić information content (AvgIpc) is 3.01. The van der Waals surface area contributed by atoms with E-state index in [0.717, 1.165) is 29.4 Å². The van der Waals surface area contributed by atoms with Gasteiger partial charge in [0.1, 0.15) is 5.82 Å². The van der Waals surface area contributed by atoms with Gasteiger partial charge in [-0.2, -0.15) is 0 Å². The van der Waals surface area contributed by atoms with Crippen LogP contribution in [0, 0.1) is 0 Å². The fraction of sp³-hybridized carbons (Fsp3) is 0.500. The maximum absolute atomic E-state index is 6.33. The number of aryl methyl sites for hydroxylation is 1. The molecule has 0 fully saturated rings. The van der Waals surface area contributed by atoms with E-state index >= 15 is 0 Å². The molecule has 0 aromatic carbocycles. The number of aromatic nitrogens is 2. The minimum atomic E-state index is 0.0690. The molecule has 2 aromatic heterocycles. The van der Waals surface area contributed by atoms with Crippen molar-refractivity contribution in [3.8, 4) is 0 Å². The smallest absolute Gasteiger partial charge is 0.109 e. The lowest BCUT2D eigenvalue weighted by Gasteiger charge is -2.25. The highest BCUT2D eigenvalue weighted by Crippen LogP contribution is 2.32. The molecule has 3 nitrogen and oxygen atoms in total. The zero-order valence-corrected chi connectivity index (χ0v) is 12.9. The Morgan fingerprint density at radius 2 is 2.21 bits per heavy atom. The summed E-state index contributed by atoms with van der Waals surface area (Å²) in [5, 5.41) is 0. The summed E-state index contributed by atoms with van der Waals surface area (Å²) in [6.45, 7) is 4.28. The van der Waals surface area contributed by atoms with E-state index in [9.17, 15) is 0 Å². The second kappa shape index (κ2) is 6.55. The van der Waals surface area contributed by atoms with Gasteiger partial charge in [0, 0.05) is 29.7 Å². The Balaban J connectivity index is 2.40. The fourth-order valence-corrected chi connectivity index (χ4v) is 3.52. The van der Waals surface area contributed by atoms with E-state index in [1.54, 1.807) is 11.3 Å². The Bertz CT molecular complexity index is 520. The first-order chi connectivity index (χ1) is 9.17. The van der Waals surface area contributed by atoms with Crippen LogP contribution in [0.25, 0.3) is 0 Å². The molecule has 2 aromatic rings. The van der Waals surface area contributed by atoms with Gasteiger partial charge in [-0.15, -0.1) is 11.3 Å². The molecule has 0 radical (unpaired) electrons. The highest BCUT2D eigenvalue weighted by Gasteiger charge is 2.23. The predicted octanol–water partition coefficient (Wildman–Crippen LogP) is 3.88. The van der Waals surface area contributed by atoms with Crippen LogP contribution in [0.3, 0.4) is 0 Å². The second-order valence-electron chi connectivity index (χ2n) is 4.66. The first-order valence-corrected chi connectivity index (χ1v) is 7.89. The van der Waals surface area contributed by atoms with Gasteiger partial charge in [0.25, 0.3) is 0 Å². The monoisotopic (exact) mass is 297 g/mol. The van der Waals surface area contributed by atoms with Crippen LogP contribution in [0.5, 0.6) is 0 Å². The van der Waals surface area contributed by atoms with Crippen molar-refractivity contribution in [2.75, 3.05) is 0 Å². The molecule has 0 aliphatic carbocycles. The number of imidazole rings is 1. The zero-order chi connectivity index (χ0) is 13.8. The van der Waals surface area contributed by atoms with Crippen molar-refractivity contribution in [3.05, 3.63) is 39.6 Å². The van der Waals surface area contributed by atoms with Crippen molar-refractivity contribution < 1.29 is 0 Å². The summed E-state index contributed by atoms with van der Waals surface area (Å²) in [4.78, 5) is 5.66. The molecule has 0 aliphatic rings. The number of hydrogen-bond donors (Lipinski definition) is 1. The van der Waals surface area contributed by atoms with Crippen molar-refractivity contribution in [2.24, 2.45) is 5.73 Å². The quantitative estimate of drug-likeness (QED) is 0.879. The lowest BCUT2D eigenvalue weighted by molar-refractivity contribution is 0.451. The van der Waals surface area contributed by atoms with Gasteiger partial charge in [-0.25, -0.2) is 4.98 Å². The molecular weight excluding hydrogens is 278 g/mol. The van der Waals surface area contributed by atoms with Gasteiger partial charge in [0.15, 0.2) is 0 Å². The summed E-state index contributed by atoms with van der Waals surface area (Å²) in [5.41, 5.74) is 6.33. The average molecular weight is 298 g/mol. The Labute approximate surface area is 123 Å². The van der Waals surface area contributed by atoms with E-state index in [1.165, 1.54) is 4.88 Å². The van der Waals surface area contributed by atoms with Gasteiger partial charge in [0.2, 0.25) is 0 Å². The molecule has 0 saturated heterocycles. The Hall–Kier alpha value is -0.840. The van der Waals surface area contributed by atoms with Crippen molar-refractivity contribution in [3.63, 3.8) is 0 Å². The highest BCUT2D eigenvalue weighted by atomic mass is 35.5. The number of rotatable bonds is 6. The number of thiophene rings is 1. The van der Waals surface area contributed by atoms with Crippen LogP contribution < -0.4 is 5.73 Å². The maximum atomic E-state index is 6.33. The minimum Gasteiger partial charge on any atom is -0.326 e. The van der Waals surface area contributed by atoms with Crippen molar-refractivity contribution in [2.45, 2.75) is 45.2 Å². The van der Waals surface area contributed by atoms with Crippen molar-refractivity contribution >= 4 is 22.9 Å². The van der Waals surface area contributed by atoms with Crippen LogP contribution in [0.1, 0.15) is 43.4 Å². The fourth-order valence-electron chi connectivity index (χ4n) is 2.28. The van der Waals surface area contributed by atoms with Crippen LogP contribution in [-0.4, -0.2) is 15.6 Å². The van der Waals surface area contributed by atoms with E-state index in [2.05, 4.69) is 29.5 Å². The molecule has 5 heteroatoms. The molecule has 0 bridgehead atoms. The lowest BCUT2D eigenvalue weighted by atomic mass is 10.0. The number of halogens is 1. The van der Waals surface area contributed by atoms with Crippen LogP contribution in [0.15, 0.2) is 24.5 Å². The van der Waals surface area contributed by atoms with Gasteiger partial charge in [-0.3, -0.25) is 0 Å². The normalized spacial score (nSPS) is 14.5. The Morgan fingerprint density at radius 3 is 2.79 bits per heavy atom. The lowest BCUT2D eigenvalue weighted by Crippen LogP contribution is -2.32. The molecular formula is C14H20ClN3S. The molecule has 2 N–H and O–H groups in total. The first-order valence-electron chi connectivity index (χ1n) is 6.69. The van der Waals surface area contributed by atoms with Gasteiger partial charge in [-0.1, -0.05) is 25.4 Å². The third kappa shape index (κ3) is 3.19. The van der Waals surface area contributed by atoms with Gasteiger partial charge >= 0.3 is 0 Å². The summed E-state index contributed by atoms with van der Waals surface area (Å²) in [5.74, 6) is 1.10. The molecule has 2 atom stereocenters. The standard InChI is InChI=1S/C14H20ClN3S/c1-3-5-13-17-8-9-18(13)14(10(16)4-2)11-6-7-12(15)19-11/h6-10,14H,3-5,16H2,1-2H3. The van der Waals surface area contributed by atoms with Crippen LogP contribution in [-0.2, 0) is 6.42 Å². The number of nitrogens with two attached hydrogens (primary N) is 1. The topological polar surface area (TPSA) is 43.8 Å². The molecule has 2 heterocycles. The van der Waals surface area contributed by atoms with Crippen LogP contribution in [0.2, 0.25) is 4.34 Å². The van der Waals surface area contributed by atoms with E-state index in [1.807, 2.05) is 18.5 Å². The maximum Gasteiger partial charge on any atom is 0.109 e. The summed E-state index contributed by atoms with van der Waals surface area (Å²) in [7, 11) is 0. The first kappa shape index (κ1) is 14.6. The van der Waals surface area contributed by atoms with E-state index in [0.29, 0.717) is 0 Å². The third-order valence-electron chi connectivity index (χ3n) is 3.28. The third-order valence-corrected chi connectivity index (χ3v) is 4.59. The van der Waals surface area contributed by atoms with Crippen molar-refractivity contribution in [1.29, 1.82) is 0 Å². The summed E-state index contributed by atoms with van der Waals surface area (Å²) in [6.07, 6.45) is 6.85. The van der Waals surface area contributed by atoms with E-state index < -0.39 is 0 Å². The van der Waals surface area contributed by atoms with E-state index in [-0.39, 0.29) is 12.1 Å². The van der Waals surface area contributed by atoms with Gasteiger partial charge < -0.3 is 10.3 Å². The molecule has 19 heavy (non-hydrogen) atoms. The molecule has 0 saturated carbocycles. The molecule has 0 spiro atoms. The van der Waals surface area contributed by atoms with Crippen LogP contribution in [0.4, 0.5) is 0 Å². The highest BCUT2D eigenvalue weighted by molar-refractivity contribution is 7.16. The number of hydrogen-bond acceptors (Lipinski definition) is 3. The summed E-state index contributed by atoms with van der Waals surface area (Å²) in [6, 6.07) is 4.21. The SMILES string of the molecule is CCCc1nccn1C(c1ccc(Cl)s1)C(N)CC. The second-order valence-corrected chi connectivity index (χ2v) is 6.41. The summed E-state index contributed by atoms with van der Waals surface area (Å²) >= 11 is 7.67. The van der Waals surface area contributed by atoms with Gasteiger partial charge in [0.05, 0.1) is 10.4 Å². The minimum absolute atomic E-state index is 0.0690. The summed E-state index contributed by atoms with van der Waals surface area (Å²) < 4.78 is 3.01. The van der Waals surface area contributed by atoms with E-state index in [4.69, 9.17) is 17.3 Å². The predicted molar refractivity (Wildman–Crippen MR) is 82.0 cm³/mol. The molecule has 2 rings (SSSR count). The molecule has 2 unspecified atom stereocenters. The van der Waals surface area contributed by atoms with Gasteiger partial charge in [-0.05, 0) is 25.0 Å². The Morgan fingerprint density at radius 1 is 1.42 bits per heavy atom. The zero-order valence-electron chi connectivity index (χ0n) is 11.3. The molecule has 0 aliphatic heterocycles. The Kier molecular flexibility index (Phi) is 5.02. The van der Waals surface area contributed by atoms with Crippen molar-refractivity contribution in [1.82, 2.24) is 9.55 Å². The largest absolute Gasteiger partial charge is 0.326 e. The van der Waals surface area contributed by atoms with Crippen LogP contribution >= 0.6 is 22.9 Å². The molecule has 104 valence electrons.